The van der Waals surface area contributed by atoms with E-state index >= 15 is 0 Å². The van der Waals surface area contributed by atoms with E-state index in [0.717, 1.165) is 56.6 Å². The second-order valence-corrected chi connectivity index (χ2v) is 8.34. The van der Waals surface area contributed by atoms with E-state index in [1.165, 1.54) is 19.3 Å². The molecule has 1 amide bonds. The number of methoxy groups -OCH3 is 1. The molecule has 1 saturated carbocycles. The molecule has 2 aromatic rings. The lowest BCUT2D eigenvalue weighted by Crippen LogP contribution is -2.48. The molecule has 2 aliphatic rings. The van der Waals surface area contributed by atoms with Gasteiger partial charge in [-0.25, -0.2) is 0 Å². The third-order valence-electron chi connectivity index (χ3n) is 6.60. The smallest absolute Gasteiger partial charge is 0.258 e. The number of rotatable bonds is 6. The molecule has 7 heteroatoms. The number of carbonyl (C=O) groups is 1. The standard InChI is InChI=1S/C22H30N4O3/c1-28-16-11-22(21-24-19(29-25-21)17-7-12-23-13-8-17)9-14-26(15-10-22)20(27)18-5-3-2-4-6-18/h7-8,12-13,18H,2-6,9-11,14-16H2,1H3. The summed E-state index contributed by atoms with van der Waals surface area (Å²) in [5, 5.41) is 4.34. The molecule has 0 atom stereocenters. The second kappa shape index (κ2) is 9.03. The van der Waals surface area contributed by atoms with Gasteiger partial charge in [-0.15, -0.1) is 0 Å². The van der Waals surface area contributed by atoms with Crippen LogP contribution in [0.15, 0.2) is 29.0 Å². The quantitative estimate of drug-likeness (QED) is 0.739. The van der Waals surface area contributed by atoms with Crippen LogP contribution in [0.4, 0.5) is 0 Å². The highest BCUT2D eigenvalue weighted by Gasteiger charge is 2.42. The summed E-state index contributed by atoms with van der Waals surface area (Å²) in [5.74, 6) is 1.81. The first-order valence-corrected chi connectivity index (χ1v) is 10.7. The molecule has 2 aromatic heterocycles. The van der Waals surface area contributed by atoms with Crippen LogP contribution in [0.1, 0.15) is 57.2 Å². The number of piperidine rings is 1. The van der Waals surface area contributed by atoms with Gasteiger partial charge in [0.15, 0.2) is 5.82 Å². The summed E-state index contributed by atoms with van der Waals surface area (Å²) in [5.41, 5.74) is 0.652. The van der Waals surface area contributed by atoms with E-state index in [-0.39, 0.29) is 11.3 Å². The molecule has 156 valence electrons. The molecule has 0 unspecified atom stereocenters. The minimum atomic E-state index is -0.214. The van der Waals surface area contributed by atoms with Crippen molar-refractivity contribution in [3.8, 4) is 11.5 Å². The summed E-state index contributed by atoms with van der Waals surface area (Å²) < 4.78 is 10.9. The number of nitrogens with zero attached hydrogens (tertiary/aromatic N) is 4. The fraction of sp³-hybridized carbons (Fsp3) is 0.636. The Morgan fingerprint density at radius 1 is 1.21 bits per heavy atom. The SMILES string of the molecule is COCCC1(c2noc(-c3ccncc3)n2)CCN(C(=O)C2CCCCC2)CC1. The molecule has 1 aliphatic heterocycles. The number of hydrogen-bond acceptors (Lipinski definition) is 6. The second-order valence-electron chi connectivity index (χ2n) is 8.34. The maximum Gasteiger partial charge on any atom is 0.258 e. The van der Waals surface area contributed by atoms with Gasteiger partial charge >= 0.3 is 0 Å². The van der Waals surface area contributed by atoms with Crippen LogP contribution in [0.5, 0.6) is 0 Å². The van der Waals surface area contributed by atoms with Crippen molar-refractivity contribution in [3.05, 3.63) is 30.4 Å². The zero-order chi connectivity index (χ0) is 20.1. The van der Waals surface area contributed by atoms with Gasteiger partial charge in [-0.2, -0.15) is 4.98 Å². The van der Waals surface area contributed by atoms with Crippen molar-refractivity contribution in [3.63, 3.8) is 0 Å². The minimum Gasteiger partial charge on any atom is -0.385 e. The third-order valence-corrected chi connectivity index (χ3v) is 6.60. The Labute approximate surface area is 171 Å². The lowest BCUT2D eigenvalue weighted by Gasteiger charge is -2.41. The number of likely N-dealkylation sites (tertiary alicyclic amines) is 1. The maximum atomic E-state index is 12.9. The largest absolute Gasteiger partial charge is 0.385 e. The van der Waals surface area contributed by atoms with E-state index in [1.807, 2.05) is 12.1 Å². The molecule has 2 fully saturated rings. The number of hydrogen-bond donors (Lipinski definition) is 0. The molecule has 7 nitrogen and oxygen atoms in total. The van der Waals surface area contributed by atoms with Crippen LogP contribution in [0, 0.1) is 5.92 Å². The van der Waals surface area contributed by atoms with E-state index in [1.54, 1.807) is 19.5 Å². The minimum absolute atomic E-state index is 0.214. The molecule has 29 heavy (non-hydrogen) atoms. The van der Waals surface area contributed by atoms with Gasteiger partial charge in [-0.05, 0) is 44.2 Å². The van der Waals surface area contributed by atoms with Crippen LogP contribution in [-0.2, 0) is 14.9 Å². The molecule has 0 spiro atoms. The number of ether oxygens (including phenoxy) is 1. The van der Waals surface area contributed by atoms with Crippen LogP contribution in [0.3, 0.4) is 0 Å². The fourth-order valence-electron chi connectivity index (χ4n) is 4.70. The van der Waals surface area contributed by atoms with E-state index in [2.05, 4.69) is 15.0 Å². The zero-order valence-corrected chi connectivity index (χ0v) is 17.2. The molecule has 3 heterocycles. The van der Waals surface area contributed by atoms with Gasteiger partial charge in [0.2, 0.25) is 5.91 Å². The number of aromatic nitrogens is 3. The van der Waals surface area contributed by atoms with Crippen molar-refractivity contribution in [1.82, 2.24) is 20.0 Å². The monoisotopic (exact) mass is 398 g/mol. The molecule has 0 radical (unpaired) electrons. The predicted octanol–water partition coefficient (Wildman–Crippen LogP) is 3.61. The van der Waals surface area contributed by atoms with Crippen molar-refractivity contribution >= 4 is 5.91 Å². The molecular formula is C22H30N4O3. The Balaban J connectivity index is 1.48. The summed E-state index contributed by atoms with van der Waals surface area (Å²) in [7, 11) is 1.72. The summed E-state index contributed by atoms with van der Waals surface area (Å²) in [6.07, 6.45) is 11.7. The van der Waals surface area contributed by atoms with Crippen molar-refractivity contribution < 1.29 is 14.1 Å². The van der Waals surface area contributed by atoms with E-state index in [9.17, 15) is 4.79 Å². The molecule has 0 N–H and O–H groups in total. The van der Waals surface area contributed by atoms with Crippen LogP contribution in [0.25, 0.3) is 11.5 Å². The Hall–Kier alpha value is -2.28. The zero-order valence-electron chi connectivity index (χ0n) is 17.2. The molecule has 1 aliphatic carbocycles. The molecule has 0 bridgehead atoms. The van der Waals surface area contributed by atoms with Crippen LogP contribution in [-0.4, -0.2) is 52.7 Å². The Bertz CT molecular complexity index is 793. The van der Waals surface area contributed by atoms with E-state index in [0.29, 0.717) is 18.4 Å². The predicted molar refractivity (Wildman–Crippen MR) is 108 cm³/mol. The first-order chi connectivity index (χ1) is 14.2. The van der Waals surface area contributed by atoms with Gasteiger partial charge < -0.3 is 14.2 Å². The van der Waals surface area contributed by atoms with Gasteiger partial charge in [0.05, 0.1) is 0 Å². The highest BCUT2D eigenvalue weighted by Crippen LogP contribution is 2.39. The molecular weight excluding hydrogens is 368 g/mol. The van der Waals surface area contributed by atoms with Crippen molar-refractivity contribution in [2.45, 2.75) is 56.8 Å². The number of pyridine rings is 1. The van der Waals surface area contributed by atoms with E-state index in [4.69, 9.17) is 14.2 Å². The van der Waals surface area contributed by atoms with Gasteiger partial charge in [0, 0.05) is 56.1 Å². The lowest BCUT2D eigenvalue weighted by atomic mass is 9.74. The Morgan fingerprint density at radius 3 is 2.62 bits per heavy atom. The van der Waals surface area contributed by atoms with E-state index < -0.39 is 0 Å². The van der Waals surface area contributed by atoms with Crippen LogP contribution < -0.4 is 0 Å². The van der Waals surface area contributed by atoms with Crippen molar-refractivity contribution in [2.75, 3.05) is 26.8 Å². The number of carbonyl (C=O) groups excluding carboxylic acids is 1. The third kappa shape index (κ3) is 4.34. The first kappa shape index (κ1) is 20.0. The fourth-order valence-corrected chi connectivity index (χ4v) is 4.70. The molecule has 1 saturated heterocycles. The average molecular weight is 399 g/mol. The summed E-state index contributed by atoms with van der Waals surface area (Å²) in [4.78, 5) is 23.8. The Kier molecular flexibility index (Phi) is 6.23. The number of amides is 1. The van der Waals surface area contributed by atoms with Crippen LogP contribution in [0.2, 0.25) is 0 Å². The summed E-state index contributed by atoms with van der Waals surface area (Å²) >= 11 is 0. The van der Waals surface area contributed by atoms with Crippen molar-refractivity contribution in [1.29, 1.82) is 0 Å². The highest BCUT2D eigenvalue weighted by atomic mass is 16.5. The van der Waals surface area contributed by atoms with Gasteiger partial charge in [0.25, 0.3) is 5.89 Å². The Morgan fingerprint density at radius 2 is 1.93 bits per heavy atom. The van der Waals surface area contributed by atoms with Gasteiger partial charge in [-0.1, -0.05) is 24.4 Å². The molecule has 4 rings (SSSR count). The molecule has 0 aromatic carbocycles. The summed E-state index contributed by atoms with van der Waals surface area (Å²) in [6, 6.07) is 3.73. The van der Waals surface area contributed by atoms with Gasteiger partial charge in [-0.3, -0.25) is 9.78 Å². The van der Waals surface area contributed by atoms with Gasteiger partial charge in [0.1, 0.15) is 0 Å². The highest BCUT2D eigenvalue weighted by molar-refractivity contribution is 5.79. The van der Waals surface area contributed by atoms with Crippen molar-refractivity contribution in [2.24, 2.45) is 5.92 Å². The average Bonchev–Trinajstić information content (AvgIpc) is 3.30. The maximum absolute atomic E-state index is 12.9. The normalized spacial score (nSPS) is 20.0. The lowest BCUT2D eigenvalue weighted by molar-refractivity contribution is -0.138. The topological polar surface area (TPSA) is 81.3 Å². The summed E-state index contributed by atoms with van der Waals surface area (Å²) in [6.45, 7) is 2.13. The first-order valence-electron chi connectivity index (χ1n) is 10.7. The van der Waals surface area contributed by atoms with Crippen LogP contribution >= 0.6 is 0 Å².